The van der Waals surface area contributed by atoms with Crippen molar-refractivity contribution in [3.8, 4) is 0 Å². The largest absolute Gasteiger partial charge is 0.389 e. The van der Waals surface area contributed by atoms with E-state index >= 15 is 0 Å². The molecule has 0 saturated heterocycles. The second kappa shape index (κ2) is 7.90. The highest BCUT2D eigenvalue weighted by molar-refractivity contribution is 4.92. The highest BCUT2D eigenvalue weighted by Gasteiger charge is 1.98. The van der Waals surface area contributed by atoms with Crippen LogP contribution in [0.25, 0.3) is 0 Å². The summed E-state index contributed by atoms with van der Waals surface area (Å²) < 4.78 is 0. The molecule has 0 aliphatic heterocycles. The van der Waals surface area contributed by atoms with Gasteiger partial charge in [-0.25, -0.2) is 0 Å². The molecule has 1 N–H and O–H groups in total. The first kappa shape index (κ1) is 12.3. The SMILES string of the molecule is C=CCCC(=C)NCCC(C)CC. The summed E-state index contributed by atoms with van der Waals surface area (Å²) in [4.78, 5) is 0. The second-order valence-electron chi connectivity index (χ2n) is 3.66. The Morgan fingerprint density at radius 2 is 2.23 bits per heavy atom. The standard InChI is InChI=1S/C12H23N/c1-5-7-8-12(4)13-10-9-11(3)6-2/h5,11,13H,1,4,6-10H2,2-3H3. The maximum Gasteiger partial charge on any atom is 0.0146 e. The zero-order chi connectivity index (χ0) is 10.1. The van der Waals surface area contributed by atoms with Crippen LogP contribution >= 0.6 is 0 Å². The Balaban J connectivity index is 3.31. The highest BCUT2D eigenvalue weighted by Crippen LogP contribution is 2.05. The van der Waals surface area contributed by atoms with Crippen LogP contribution in [0.1, 0.15) is 39.5 Å². The van der Waals surface area contributed by atoms with Gasteiger partial charge >= 0.3 is 0 Å². The van der Waals surface area contributed by atoms with Gasteiger partial charge in [0.1, 0.15) is 0 Å². The van der Waals surface area contributed by atoms with Gasteiger partial charge in [0.2, 0.25) is 0 Å². The lowest BCUT2D eigenvalue weighted by Gasteiger charge is -2.11. The van der Waals surface area contributed by atoms with Crippen LogP contribution < -0.4 is 5.32 Å². The van der Waals surface area contributed by atoms with Crippen molar-refractivity contribution in [3.63, 3.8) is 0 Å². The normalized spacial score (nSPS) is 12.2. The van der Waals surface area contributed by atoms with Crippen LogP contribution in [0.4, 0.5) is 0 Å². The molecule has 0 amide bonds. The van der Waals surface area contributed by atoms with E-state index in [0.29, 0.717) is 0 Å². The van der Waals surface area contributed by atoms with Gasteiger partial charge in [0.25, 0.3) is 0 Å². The number of hydrogen-bond donors (Lipinski definition) is 1. The fourth-order valence-electron chi connectivity index (χ4n) is 1.06. The minimum absolute atomic E-state index is 0.819. The van der Waals surface area contributed by atoms with Crippen molar-refractivity contribution in [1.82, 2.24) is 5.32 Å². The Morgan fingerprint density at radius 3 is 2.77 bits per heavy atom. The number of rotatable bonds is 8. The maximum atomic E-state index is 3.96. The molecule has 0 spiro atoms. The van der Waals surface area contributed by atoms with Crippen LogP contribution in [-0.2, 0) is 0 Å². The minimum atomic E-state index is 0.819. The third-order valence-electron chi connectivity index (χ3n) is 2.36. The average molecular weight is 181 g/mol. The van der Waals surface area contributed by atoms with E-state index in [0.717, 1.165) is 31.0 Å². The molecular weight excluding hydrogens is 158 g/mol. The predicted octanol–water partition coefficient (Wildman–Crippen LogP) is 3.49. The molecule has 1 atom stereocenters. The quantitative estimate of drug-likeness (QED) is 0.565. The Morgan fingerprint density at radius 1 is 1.54 bits per heavy atom. The van der Waals surface area contributed by atoms with Gasteiger partial charge in [-0.1, -0.05) is 32.9 Å². The average Bonchev–Trinajstić information content (AvgIpc) is 2.14. The first-order valence-electron chi connectivity index (χ1n) is 5.23. The minimum Gasteiger partial charge on any atom is -0.389 e. The van der Waals surface area contributed by atoms with Crippen LogP contribution in [-0.4, -0.2) is 6.54 Å². The fraction of sp³-hybridized carbons (Fsp3) is 0.667. The Kier molecular flexibility index (Phi) is 7.47. The lowest BCUT2D eigenvalue weighted by molar-refractivity contribution is 0.501. The van der Waals surface area contributed by atoms with E-state index in [1.165, 1.54) is 12.8 Å². The van der Waals surface area contributed by atoms with E-state index in [-0.39, 0.29) is 0 Å². The predicted molar refractivity (Wildman–Crippen MR) is 60.6 cm³/mol. The zero-order valence-corrected chi connectivity index (χ0v) is 9.10. The smallest absolute Gasteiger partial charge is 0.0146 e. The van der Waals surface area contributed by atoms with Crippen molar-refractivity contribution in [2.24, 2.45) is 5.92 Å². The topological polar surface area (TPSA) is 12.0 Å². The molecule has 0 aromatic carbocycles. The molecule has 0 aromatic rings. The van der Waals surface area contributed by atoms with Crippen LogP contribution in [0.2, 0.25) is 0 Å². The molecule has 0 saturated carbocycles. The van der Waals surface area contributed by atoms with Crippen LogP contribution in [0.3, 0.4) is 0 Å². The van der Waals surface area contributed by atoms with Gasteiger partial charge in [0, 0.05) is 12.2 Å². The van der Waals surface area contributed by atoms with E-state index < -0.39 is 0 Å². The van der Waals surface area contributed by atoms with Crippen molar-refractivity contribution < 1.29 is 0 Å². The zero-order valence-electron chi connectivity index (χ0n) is 9.10. The van der Waals surface area contributed by atoms with Gasteiger partial charge in [0.05, 0.1) is 0 Å². The fourth-order valence-corrected chi connectivity index (χ4v) is 1.06. The van der Waals surface area contributed by atoms with Gasteiger partial charge in [-0.3, -0.25) is 0 Å². The summed E-state index contributed by atoms with van der Waals surface area (Å²) in [5, 5.41) is 3.34. The first-order chi connectivity index (χ1) is 6.20. The van der Waals surface area contributed by atoms with Crippen molar-refractivity contribution >= 4 is 0 Å². The van der Waals surface area contributed by atoms with Crippen molar-refractivity contribution in [1.29, 1.82) is 0 Å². The Labute approximate surface area is 82.9 Å². The van der Waals surface area contributed by atoms with E-state index in [9.17, 15) is 0 Å². The van der Waals surface area contributed by atoms with Crippen LogP contribution in [0.5, 0.6) is 0 Å². The summed E-state index contributed by atoms with van der Waals surface area (Å²) in [5.41, 5.74) is 1.14. The van der Waals surface area contributed by atoms with Gasteiger partial charge < -0.3 is 5.32 Å². The third kappa shape index (κ3) is 7.63. The summed E-state index contributed by atoms with van der Waals surface area (Å²) >= 11 is 0. The number of hydrogen-bond acceptors (Lipinski definition) is 1. The lowest BCUT2D eigenvalue weighted by Crippen LogP contribution is -2.15. The van der Waals surface area contributed by atoms with Gasteiger partial charge in [-0.2, -0.15) is 0 Å². The van der Waals surface area contributed by atoms with Crippen LogP contribution in [0, 0.1) is 5.92 Å². The molecule has 0 heterocycles. The van der Waals surface area contributed by atoms with Gasteiger partial charge in [-0.05, 0) is 25.2 Å². The van der Waals surface area contributed by atoms with E-state index in [1.807, 2.05) is 6.08 Å². The molecule has 1 heteroatoms. The van der Waals surface area contributed by atoms with E-state index in [1.54, 1.807) is 0 Å². The molecule has 0 rings (SSSR count). The first-order valence-corrected chi connectivity index (χ1v) is 5.23. The molecule has 0 aliphatic rings. The lowest BCUT2D eigenvalue weighted by atomic mass is 10.1. The molecule has 0 radical (unpaired) electrons. The van der Waals surface area contributed by atoms with Crippen molar-refractivity contribution in [2.45, 2.75) is 39.5 Å². The Bertz CT molecular complexity index is 149. The third-order valence-corrected chi connectivity index (χ3v) is 2.36. The summed E-state index contributed by atoms with van der Waals surface area (Å²) in [6.07, 6.45) is 6.48. The monoisotopic (exact) mass is 181 g/mol. The molecule has 0 aliphatic carbocycles. The highest BCUT2D eigenvalue weighted by atomic mass is 14.9. The number of nitrogens with one attached hydrogen (secondary N) is 1. The molecule has 0 aromatic heterocycles. The number of allylic oxidation sites excluding steroid dienone is 2. The molecule has 1 unspecified atom stereocenters. The molecule has 0 fully saturated rings. The van der Waals surface area contributed by atoms with E-state index in [4.69, 9.17) is 0 Å². The summed E-state index contributed by atoms with van der Waals surface area (Å²) in [5.74, 6) is 0.819. The molecule has 13 heavy (non-hydrogen) atoms. The summed E-state index contributed by atoms with van der Waals surface area (Å²) in [6, 6.07) is 0. The van der Waals surface area contributed by atoms with Crippen molar-refractivity contribution in [2.75, 3.05) is 6.54 Å². The maximum absolute atomic E-state index is 3.96. The Hall–Kier alpha value is -0.720. The van der Waals surface area contributed by atoms with Gasteiger partial charge in [-0.15, -0.1) is 6.58 Å². The second-order valence-corrected chi connectivity index (χ2v) is 3.66. The van der Waals surface area contributed by atoms with Gasteiger partial charge in [0.15, 0.2) is 0 Å². The molecular formula is C12H23N. The van der Waals surface area contributed by atoms with Crippen LogP contribution in [0.15, 0.2) is 24.9 Å². The molecule has 76 valence electrons. The van der Waals surface area contributed by atoms with E-state index in [2.05, 4.69) is 32.3 Å². The molecule has 1 nitrogen and oxygen atoms in total. The van der Waals surface area contributed by atoms with Crippen molar-refractivity contribution in [3.05, 3.63) is 24.9 Å². The summed E-state index contributed by atoms with van der Waals surface area (Å²) in [7, 11) is 0. The summed E-state index contributed by atoms with van der Waals surface area (Å²) in [6.45, 7) is 13.2. The molecule has 0 bridgehead atoms.